The minimum Gasteiger partial charge on any atom is -0.378 e. The average Bonchev–Trinajstić information content (AvgIpc) is 3.21. The number of hydrogen-bond acceptors (Lipinski definition) is 7. The van der Waals surface area contributed by atoms with Gasteiger partial charge in [-0.05, 0) is 12.8 Å². The van der Waals surface area contributed by atoms with E-state index in [9.17, 15) is 0 Å². The van der Waals surface area contributed by atoms with Crippen LogP contribution in [0.3, 0.4) is 0 Å². The molecule has 3 heterocycles. The minimum atomic E-state index is 0.520. The zero-order chi connectivity index (χ0) is 16.4. The number of allylic oxidation sites excluding steroid dienone is 1. The van der Waals surface area contributed by atoms with Crippen molar-refractivity contribution in [2.75, 3.05) is 38.6 Å². The van der Waals surface area contributed by atoms with Crippen molar-refractivity contribution < 1.29 is 4.74 Å². The van der Waals surface area contributed by atoms with Crippen molar-refractivity contribution in [3.05, 3.63) is 18.5 Å². The Morgan fingerprint density at radius 1 is 1.29 bits per heavy atom. The third-order valence-electron chi connectivity index (χ3n) is 4.38. The smallest absolute Gasteiger partial charge is 0.191 e. The van der Waals surface area contributed by atoms with E-state index in [2.05, 4.69) is 26.2 Å². The van der Waals surface area contributed by atoms with Crippen LogP contribution in [0.2, 0.25) is 0 Å². The highest BCUT2D eigenvalue weighted by Gasteiger charge is 2.31. The minimum absolute atomic E-state index is 0.520. The van der Waals surface area contributed by atoms with Gasteiger partial charge in [-0.25, -0.2) is 0 Å². The van der Waals surface area contributed by atoms with Crippen molar-refractivity contribution >= 4 is 28.7 Å². The first-order chi connectivity index (χ1) is 11.8. The van der Waals surface area contributed by atoms with Gasteiger partial charge in [-0.3, -0.25) is 4.99 Å². The molecule has 0 N–H and O–H groups in total. The number of rotatable bonds is 6. The van der Waals surface area contributed by atoms with E-state index in [1.165, 1.54) is 18.0 Å². The number of amidine groups is 1. The van der Waals surface area contributed by atoms with Crippen LogP contribution in [0, 0.1) is 0 Å². The number of ether oxygens (including phenoxy) is 1. The van der Waals surface area contributed by atoms with Crippen LogP contribution in [-0.2, 0) is 11.3 Å². The van der Waals surface area contributed by atoms with Crippen LogP contribution in [0.25, 0.3) is 0 Å². The highest BCUT2D eigenvalue weighted by atomic mass is 32.2. The molecular formula is C16H23N5OS2. The molecule has 1 saturated heterocycles. The summed E-state index contributed by atoms with van der Waals surface area (Å²) in [6.45, 7) is 9.12. The molecule has 1 aromatic rings. The third-order valence-corrected chi connectivity index (χ3v) is 6.97. The molecule has 6 nitrogen and oxygen atoms in total. The maximum atomic E-state index is 5.42. The molecule has 24 heavy (non-hydrogen) atoms. The molecule has 3 aliphatic rings. The molecule has 1 saturated carbocycles. The Morgan fingerprint density at radius 2 is 2.12 bits per heavy atom. The monoisotopic (exact) mass is 365 g/mol. The first kappa shape index (κ1) is 16.5. The predicted octanol–water partition coefficient (Wildman–Crippen LogP) is 2.24. The van der Waals surface area contributed by atoms with E-state index in [4.69, 9.17) is 9.73 Å². The highest BCUT2D eigenvalue weighted by Crippen LogP contribution is 2.40. The van der Waals surface area contributed by atoms with Crippen molar-refractivity contribution in [2.24, 2.45) is 4.99 Å². The fourth-order valence-electron chi connectivity index (χ4n) is 2.94. The topological polar surface area (TPSA) is 55.5 Å². The normalized spacial score (nSPS) is 24.2. The molecule has 0 spiro atoms. The summed E-state index contributed by atoms with van der Waals surface area (Å²) in [4.78, 5) is 7.08. The Bertz CT molecular complexity index is 622. The first-order valence-electron chi connectivity index (χ1n) is 8.55. The molecule has 1 atom stereocenters. The fourth-order valence-corrected chi connectivity index (χ4v) is 5.20. The second-order valence-corrected chi connectivity index (χ2v) is 8.54. The SMILES string of the molecule is C=CCn1c(SCC2CN=C(N3CCOCC3)S2)nnc1C1CC1. The van der Waals surface area contributed by atoms with Crippen LogP contribution in [0.15, 0.2) is 22.8 Å². The second-order valence-electron chi connectivity index (χ2n) is 6.29. The molecule has 0 aromatic carbocycles. The second kappa shape index (κ2) is 7.49. The van der Waals surface area contributed by atoms with Gasteiger partial charge in [-0.15, -0.1) is 16.8 Å². The summed E-state index contributed by atoms with van der Waals surface area (Å²) in [7, 11) is 0. The van der Waals surface area contributed by atoms with Gasteiger partial charge in [-0.1, -0.05) is 29.6 Å². The molecule has 1 unspecified atom stereocenters. The van der Waals surface area contributed by atoms with Gasteiger partial charge in [0.05, 0.1) is 19.8 Å². The average molecular weight is 366 g/mol. The van der Waals surface area contributed by atoms with Crippen LogP contribution < -0.4 is 0 Å². The Kier molecular flexibility index (Phi) is 5.14. The van der Waals surface area contributed by atoms with E-state index in [1.54, 1.807) is 11.8 Å². The Balaban J connectivity index is 1.32. The molecule has 0 radical (unpaired) electrons. The molecule has 4 rings (SSSR count). The lowest BCUT2D eigenvalue weighted by molar-refractivity contribution is 0.0693. The molecule has 2 aliphatic heterocycles. The van der Waals surface area contributed by atoms with Gasteiger partial charge in [0.1, 0.15) is 5.82 Å². The number of nitrogens with zero attached hydrogens (tertiary/aromatic N) is 5. The van der Waals surface area contributed by atoms with E-state index in [0.717, 1.165) is 56.1 Å². The van der Waals surface area contributed by atoms with E-state index in [-0.39, 0.29) is 0 Å². The van der Waals surface area contributed by atoms with Crippen LogP contribution in [-0.4, -0.2) is 68.7 Å². The van der Waals surface area contributed by atoms with Crippen molar-refractivity contribution in [3.63, 3.8) is 0 Å². The Labute approximate surface area is 151 Å². The molecular weight excluding hydrogens is 342 g/mol. The predicted molar refractivity (Wildman–Crippen MR) is 99.0 cm³/mol. The molecule has 1 aromatic heterocycles. The van der Waals surface area contributed by atoms with Gasteiger partial charge in [0.25, 0.3) is 0 Å². The Morgan fingerprint density at radius 3 is 2.88 bits per heavy atom. The summed E-state index contributed by atoms with van der Waals surface area (Å²) >= 11 is 3.71. The van der Waals surface area contributed by atoms with Crippen molar-refractivity contribution in [1.29, 1.82) is 0 Å². The van der Waals surface area contributed by atoms with Gasteiger partial charge in [0, 0.05) is 36.6 Å². The van der Waals surface area contributed by atoms with Crippen LogP contribution in [0.4, 0.5) is 0 Å². The van der Waals surface area contributed by atoms with E-state index < -0.39 is 0 Å². The summed E-state index contributed by atoms with van der Waals surface area (Å²) in [6.07, 6.45) is 4.42. The summed E-state index contributed by atoms with van der Waals surface area (Å²) in [6, 6.07) is 0. The quantitative estimate of drug-likeness (QED) is 0.569. The summed E-state index contributed by atoms with van der Waals surface area (Å²) in [5.74, 6) is 2.77. The van der Waals surface area contributed by atoms with Crippen molar-refractivity contribution in [1.82, 2.24) is 19.7 Å². The van der Waals surface area contributed by atoms with Gasteiger partial charge in [0.2, 0.25) is 0 Å². The summed E-state index contributed by atoms with van der Waals surface area (Å²) in [5.41, 5.74) is 0. The maximum absolute atomic E-state index is 5.42. The molecule has 0 bridgehead atoms. The number of thioether (sulfide) groups is 2. The number of hydrogen-bond donors (Lipinski definition) is 0. The molecule has 1 aliphatic carbocycles. The summed E-state index contributed by atoms with van der Waals surface area (Å²) in [5, 5.41) is 11.6. The van der Waals surface area contributed by atoms with Crippen molar-refractivity contribution in [3.8, 4) is 0 Å². The van der Waals surface area contributed by atoms with E-state index >= 15 is 0 Å². The Hall–Kier alpha value is -0.990. The zero-order valence-electron chi connectivity index (χ0n) is 13.8. The van der Waals surface area contributed by atoms with E-state index in [0.29, 0.717) is 11.2 Å². The van der Waals surface area contributed by atoms with E-state index in [1.807, 2.05) is 17.8 Å². The lowest BCUT2D eigenvalue weighted by atomic mass is 10.4. The number of aliphatic imine (C=N–C) groups is 1. The van der Waals surface area contributed by atoms with Gasteiger partial charge in [0.15, 0.2) is 10.3 Å². The zero-order valence-corrected chi connectivity index (χ0v) is 15.4. The van der Waals surface area contributed by atoms with Gasteiger partial charge < -0.3 is 14.2 Å². The molecule has 8 heteroatoms. The number of morpholine rings is 1. The largest absolute Gasteiger partial charge is 0.378 e. The maximum Gasteiger partial charge on any atom is 0.191 e. The fraction of sp³-hybridized carbons (Fsp3) is 0.688. The van der Waals surface area contributed by atoms with Crippen molar-refractivity contribution in [2.45, 2.75) is 35.7 Å². The van der Waals surface area contributed by atoms with Crippen LogP contribution in [0.5, 0.6) is 0 Å². The summed E-state index contributed by atoms with van der Waals surface area (Å²) < 4.78 is 7.65. The highest BCUT2D eigenvalue weighted by molar-refractivity contribution is 8.15. The lowest BCUT2D eigenvalue weighted by Crippen LogP contribution is -2.39. The third kappa shape index (κ3) is 3.65. The number of aromatic nitrogens is 3. The first-order valence-corrected chi connectivity index (χ1v) is 10.4. The van der Waals surface area contributed by atoms with Gasteiger partial charge >= 0.3 is 0 Å². The lowest BCUT2D eigenvalue weighted by Gasteiger charge is -2.28. The molecule has 130 valence electrons. The molecule has 2 fully saturated rings. The van der Waals surface area contributed by atoms with Crippen LogP contribution >= 0.6 is 23.5 Å². The van der Waals surface area contributed by atoms with Crippen LogP contribution in [0.1, 0.15) is 24.6 Å². The standard InChI is InChI=1S/C16H23N5OS2/c1-2-5-21-14(12-3-4-12)18-19-16(21)23-11-13-10-17-15(24-13)20-6-8-22-9-7-20/h2,12-13H,1,3-11H2. The molecule has 0 amide bonds. The van der Waals surface area contributed by atoms with Gasteiger partial charge in [-0.2, -0.15) is 0 Å².